The minimum Gasteiger partial charge on any atom is -0.355 e. The van der Waals surface area contributed by atoms with Crippen molar-refractivity contribution in [3.63, 3.8) is 0 Å². The van der Waals surface area contributed by atoms with E-state index in [0.717, 1.165) is 12.5 Å². The Hall–Kier alpha value is -1.45. The lowest BCUT2D eigenvalue weighted by Gasteiger charge is -2.22. The molecular formula is C14H17F2NO. The predicted octanol–water partition coefficient (Wildman–Crippen LogP) is 2.77. The molecule has 1 fully saturated rings. The lowest BCUT2D eigenvalue weighted by Crippen LogP contribution is -2.34. The molecule has 0 saturated heterocycles. The third-order valence-corrected chi connectivity index (χ3v) is 4.00. The Morgan fingerprint density at radius 2 is 2.00 bits per heavy atom. The monoisotopic (exact) mass is 253 g/mol. The van der Waals surface area contributed by atoms with Crippen LogP contribution in [-0.2, 0) is 10.2 Å². The van der Waals surface area contributed by atoms with Gasteiger partial charge < -0.3 is 5.32 Å². The quantitative estimate of drug-likeness (QED) is 0.881. The van der Waals surface area contributed by atoms with Gasteiger partial charge in [-0.05, 0) is 23.5 Å². The van der Waals surface area contributed by atoms with Crippen LogP contribution in [0.4, 0.5) is 8.78 Å². The second-order valence-corrected chi connectivity index (χ2v) is 5.68. The van der Waals surface area contributed by atoms with Crippen LogP contribution in [0.15, 0.2) is 18.2 Å². The summed E-state index contributed by atoms with van der Waals surface area (Å²) in [7, 11) is 0. The van der Waals surface area contributed by atoms with Gasteiger partial charge >= 0.3 is 0 Å². The molecule has 0 radical (unpaired) electrons. The summed E-state index contributed by atoms with van der Waals surface area (Å²) in [4.78, 5) is 11.0. The molecule has 1 atom stereocenters. The Kier molecular flexibility index (Phi) is 2.92. The maximum atomic E-state index is 13.9. The highest BCUT2D eigenvalue weighted by atomic mass is 19.1. The zero-order chi connectivity index (χ0) is 13.6. The van der Waals surface area contributed by atoms with Gasteiger partial charge in [-0.15, -0.1) is 0 Å². The van der Waals surface area contributed by atoms with Gasteiger partial charge in [0.05, 0.1) is 0 Å². The van der Waals surface area contributed by atoms with Crippen LogP contribution >= 0.6 is 0 Å². The standard InChI is InChI=1S/C14H17F2NO/c1-9(18)17-8-14(7-13(14,2)3)11-5-4-10(15)6-12(11)16/h4-6H,7-8H2,1-3H3,(H,17,18). The first-order valence-electron chi connectivity index (χ1n) is 5.98. The van der Waals surface area contributed by atoms with Crippen LogP contribution in [0.3, 0.4) is 0 Å². The topological polar surface area (TPSA) is 29.1 Å². The lowest BCUT2D eigenvalue weighted by atomic mass is 9.87. The number of halogens is 2. The van der Waals surface area contributed by atoms with Gasteiger partial charge in [0, 0.05) is 24.9 Å². The summed E-state index contributed by atoms with van der Waals surface area (Å²) < 4.78 is 26.9. The molecule has 0 bridgehead atoms. The normalized spacial score (nSPS) is 24.7. The summed E-state index contributed by atoms with van der Waals surface area (Å²) in [6, 6.07) is 3.66. The molecule has 18 heavy (non-hydrogen) atoms. The second kappa shape index (κ2) is 4.04. The van der Waals surface area contributed by atoms with Crippen LogP contribution in [0.1, 0.15) is 32.8 Å². The van der Waals surface area contributed by atoms with E-state index in [1.165, 1.54) is 19.1 Å². The minimum atomic E-state index is -0.579. The van der Waals surface area contributed by atoms with Crippen LogP contribution in [0.5, 0.6) is 0 Å². The number of nitrogens with one attached hydrogen (secondary N) is 1. The number of benzene rings is 1. The van der Waals surface area contributed by atoms with E-state index in [1.807, 2.05) is 13.8 Å². The van der Waals surface area contributed by atoms with Crippen molar-refractivity contribution < 1.29 is 13.6 Å². The average molecular weight is 253 g/mol. The van der Waals surface area contributed by atoms with E-state index >= 15 is 0 Å². The summed E-state index contributed by atoms with van der Waals surface area (Å²) in [6.45, 7) is 5.87. The van der Waals surface area contributed by atoms with Gasteiger partial charge in [0.1, 0.15) is 11.6 Å². The van der Waals surface area contributed by atoms with Crippen molar-refractivity contribution in [3.05, 3.63) is 35.4 Å². The summed E-state index contributed by atoms with van der Waals surface area (Å²) in [5.74, 6) is -1.25. The summed E-state index contributed by atoms with van der Waals surface area (Å²) in [5.41, 5.74) is -0.0208. The predicted molar refractivity (Wildman–Crippen MR) is 65.1 cm³/mol. The number of rotatable bonds is 3. The molecule has 2 nitrogen and oxygen atoms in total. The van der Waals surface area contributed by atoms with Crippen molar-refractivity contribution in [2.45, 2.75) is 32.6 Å². The minimum absolute atomic E-state index is 0.0892. The number of hydrogen-bond donors (Lipinski definition) is 1. The number of carbonyl (C=O) groups excluding carboxylic acids is 1. The van der Waals surface area contributed by atoms with Crippen LogP contribution in [-0.4, -0.2) is 12.5 Å². The van der Waals surface area contributed by atoms with E-state index in [-0.39, 0.29) is 11.3 Å². The first-order valence-corrected chi connectivity index (χ1v) is 5.98. The molecule has 98 valence electrons. The highest BCUT2D eigenvalue weighted by Crippen LogP contribution is 2.64. The van der Waals surface area contributed by atoms with Crippen LogP contribution in [0, 0.1) is 17.0 Å². The highest BCUT2D eigenvalue weighted by molar-refractivity contribution is 5.73. The van der Waals surface area contributed by atoms with E-state index < -0.39 is 17.0 Å². The van der Waals surface area contributed by atoms with Crippen LogP contribution in [0.25, 0.3) is 0 Å². The molecule has 1 unspecified atom stereocenters. The first-order chi connectivity index (χ1) is 8.28. The SMILES string of the molecule is CC(=O)NCC1(c2ccc(F)cc2F)CC1(C)C. The van der Waals surface area contributed by atoms with E-state index in [1.54, 1.807) is 0 Å². The largest absolute Gasteiger partial charge is 0.355 e. The van der Waals surface area contributed by atoms with Crippen molar-refractivity contribution >= 4 is 5.91 Å². The Labute approximate surface area is 105 Å². The van der Waals surface area contributed by atoms with Crippen LogP contribution in [0.2, 0.25) is 0 Å². The van der Waals surface area contributed by atoms with Crippen molar-refractivity contribution in [2.24, 2.45) is 5.41 Å². The van der Waals surface area contributed by atoms with E-state index in [0.29, 0.717) is 12.1 Å². The average Bonchev–Trinajstić information content (AvgIpc) is 2.79. The Balaban J connectivity index is 2.34. The van der Waals surface area contributed by atoms with Crippen LogP contribution < -0.4 is 5.32 Å². The molecule has 0 aromatic heterocycles. The molecule has 1 amide bonds. The fourth-order valence-electron chi connectivity index (χ4n) is 2.72. The molecule has 1 aliphatic carbocycles. The molecule has 1 aromatic carbocycles. The third-order valence-electron chi connectivity index (χ3n) is 4.00. The summed E-state index contributed by atoms with van der Waals surface area (Å²) in [5, 5.41) is 2.74. The Morgan fingerprint density at radius 1 is 1.39 bits per heavy atom. The molecular weight excluding hydrogens is 236 g/mol. The maximum absolute atomic E-state index is 13.9. The number of hydrogen-bond acceptors (Lipinski definition) is 1. The highest BCUT2D eigenvalue weighted by Gasteiger charge is 2.62. The zero-order valence-corrected chi connectivity index (χ0v) is 10.8. The van der Waals surface area contributed by atoms with Gasteiger partial charge in [-0.25, -0.2) is 8.78 Å². The smallest absolute Gasteiger partial charge is 0.216 e. The number of amides is 1. The molecule has 1 saturated carbocycles. The molecule has 2 rings (SSSR count). The van der Waals surface area contributed by atoms with Gasteiger partial charge in [-0.1, -0.05) is 19.9 Å². The lowest BCUT2D eigenvalue weighted by molar-refractivity contribution is -0.119. The van der Waals surface area contributed by atoms with Gasteiger partial charge in [-0.2, -0.15) is 0 Å². The van der Waals surface area contributed by atoms with Gasteiger partial charge in [-0.3, -0.25) is 4.79 Å². The second-order valence-electron chi connectivity index (χ2n) is 5.68. The molecule has 0 spiro atoms. The van der Waals surface area contributed by atoms with Gasteiger partial charge in [0.25, 0.3) is 0 Å². The van der Waals surface area contributed by atoms with Crippen molar-refractivity contribution in [3.8, 4) is 0 Å². The molecule has 4 heteroatoms. The Morgan fingerprint density at radius 3 is 2.44 bits per heavy atom. The van der Waals surface area contributed by atoms with E-state index in [4.69, 9.17) is 0 Å². The molecule has 1 N–H and O–H groups in total. The van der Waals surface area contributed by atoms with Crippen molar-refractivity contribution in [1.82, 2.24) is 5.32 Å². The van der Waals surface area contributed by atoms with E-state index in [2.05, 4.69) is 5.32 Å². The number of carbonyl (C=O) groups is 1. The third kappa shape index (κ3) is 2.00. The fourth-order valence-corrected chi connectivity index (χ4v) is 2.72. The van der Waals surface area contributed by atoms with Crippen molar-refractivity contribution in [1.29, 1.82) is 0 Å². The first kappa shape index (κ1) is 13.0. The van der Waals surface area contributed by atoms with Crippen molar-refractivity contribution in [2.75, 3.05) is 6.54 Å². The fraction of sp³-hybridized carbons (Fsp3) is 0.500. The maximum Gasteiger partial charge on any atom is 0.216 e. The summed E-state index contributed by atoms with van der Waals surface area (Å²) in [6.07, 6.45) is 0.781. The molecule has 0 heterocycles. The van der Waals surface area contributed by atoms with E-state index in [9.17, 15) is 13.6 Å². The van der Waals surface area contributed by atoms with Gasteiger partial charge in [0.2, 0.25) is 5.91 Å². The molecule has 1 aromatic rings. The molecule has 1 aliphatic rings. The molecule has 0 aliphatic heterocycles. The summed E-state index contributed by atoms with van der Waals surface area (Å²) >= 11 is 0. The van der Waals surface area contributed by atoms with Gasteiger partial charge in [0.15, 0.2) is 0 Å². The Bertz CT molecular complexity index is 499. The zero-order valence-electron chi connectivity index (χ0n) is 10.8.